The lowest BCUT2D eigenvalue weighted by Gasteiger charge is -2.39. The van der Waals surface area contributed by atoms with Crippen molar-refractivity contribution in [2.45, 2.75) is 71.3 Å². The lowest BCUT2D eigenvalue weighted by atomic mass is 9.76. The minimum atomic E-state index is -1.01. The Morgan fingerprint density at radius 3 is 2.47 bits per heavy atom. The van der Waals surface area contributed by atoms with Crippen LogP contribution in [0.4, 0.5) is 0 Å². The summed E-state index contributed by atoms with van der Waals surface area (Å²) in [5, 5.41) is 9.11. The maximum Gasteiger partial charge on any atom is 0.314 e. The Labute approximate surface area is 267 Å². The number of piperidine rings is 1. The van der Waals surface area contributed by atoms with Gasteiger partial charge < -0.3 is 39.8 Å². The number of ether oxygens (including phenoxy) is 4. The lowest BCUT2D eigenvalue weighted by molar-refractivity contribution is -0.158. The maximum absolute atomic E-state index is 13.8. The molecule has 1 aromatic carbocycles. The normalized spacial score (nSPS) is 21.9. The number of hydrogen-bond donors (Lipinski definition) is 3. The van der Waals surface area contributed by atoms with Crippen molar-refractivity contribution < 1.29 is 38.1 Å². The number of methoxy groups -OCH3 is 2. The van der Waals surface area contributed by atoms with Gasteiger partial charge in [-0.3, -0.25) is 19.2 Å². The van der Waals surface area contributed by atoms with Crippen molar-refractivity contribution in [3.63, 3.8) is 0 Å². The van der Waals surface area contributed by atoms with Crippen LogP contribution < -0.4 is 25.4 Å². The largest absolute Gasteiger partial charge is 0.493 e. The SMILES string of the molecule is CCOC(=O)C1(CCC(C)C)CNC(=O)CCCN(C(=O)C2(OC)CCNCC2)CCNC(=O)COc2ccc(cc2OC)C1. The standard InChI is InChI=1S/C33H52N4O8/c1-6-44-31(41)32(12-11-24(2)3)21-25-9-10-26(27(20-25)42-4)45-22-29(39)35-17-19-37(18-7-8-28(38)36-23-32)30(40)33(43-5)13-15-34-16-14-33/h9-10,20,24,34H,6-8,11-19,21-23H2,1-5H3,(H,35,39)(H,36,38). The Kier molecular flexibility index (Phi) is 13.9. The smallest absolute Gasteiger partial charge is 0.314 e. The average molecular weight is 633 g/mol. The van der Waals surface area contributed by atoms with E-state index >= 15 is 0 Å². The first-order chi connectivity index (χ1) is 21.6. The van der Waals surface area contributed by atoms with Crippen molar-refractivity contribution in [2.24, 2.45) is 11.3 Å². The molecular formula is C33H52N4O8. The quantitative estimate of drug-likeness (QED) is 0.290. The van der Waals surface area contributed by atoms with Crippen molar-refractivity contribution in [1.29, 1.82) is 0 Å². The number of carbonyl (C=O) groups is 4. The van der Waals surface area contributed by atoms with Gasteiger partial charge in [-0.1, -0.05) is 19.9 Å². The van der Waals surface area contributed by atoms with Crippen molar-refractivity contribution in [3.8, 4) is 11.5 Å². The molecule has 1 saturated heterocycles. The summed E-state index contributed by atoms with van der Waals surface area (Å²) in [7, 11) is 3.07. The molecule has 1 aromatic rings. The molecule has 2 bridgehead atoms. The van der Waals surface area contributed by atoms with Gasteiger partial charge in [0, 0.05) is 39.7 Å². The number of benzene rings is 1. The highest BCUT2D eigenvalue weighted by molar-refractivity contribution is 5.86. The first-order valence-corrected chi connectivity index (χ1v) is 16.1. The molecule has 0 aliphatic carbocycles. The van der Waals surface area contributed by atoms with Crippen LogP contribution in [0.3, 0.4) is 0 Å². The van der Waals surface area contributed by atoms with Crippen LogP contribution in [0.2, 0.25) is 0 Å². The molecule has 3 aliphatic heterocycles. The number of esters is 1. The Morgan fingerprint density at radius 1 is 1.04 bits per heavy atom. The molecule has 252 valence electrons. The fourth-order valence-electron chi connectivity index (χ4n) is 5.92. The van der Waals surface area contributed by atoms with Gasteiger partial charge in [0.05, 0.1) is 19.1 Å². The van der Waals surface area contributed by atoms with E-state index in [1.807, 2.05) is 6.07 Å². The zero-order valence-corrected chi connectivity index (χ0v) is 27.6. The molecule has 3 heterocycles. The fourth-order valence-corrected chi connectivity index (χ4v) is 5.92. The summed E-state index contributed by atoms with van der Waals surface area (Å²) in [6.07, 6.45) is 3.22. The number of hydrogen-bond acceptors (Lipinski definition) is 9. The van der Waals surface area contributed by atoms with E-state index in [2.05, 4.69) is 29.8 Å². The summed E-state index contributed by atoms with van der Waals surface area (Å²) in [5.74, 6) is 0.0722. The molecule has 12 heteroatoms. The van der Waals surface area contributed by atoms with Crippen LogP contribution in [0.1, 0.15) is 64.9 Å². The Morgan fingerprint density at radius 2 is 1.80 bits per heavy atom. The number of fused-ring (bicyclic) bond motifs is 16. The third-order valence-electron chi connectivity index (χ3n) is 8.68. The molecule has 1 atom stereocenters. The lowest BCUT2D eigenvalue weighted by Crippen LogP contribution is -2.56. The van der Waals surface area contributed by atoms with Gasteiger partial charge in [-0.15, -0.1) is 0 Å². The van der Waals surface area contributed by atoms with Crippen LogP contribution in [0.25, 0.3) is 0 Å². The number of carbonyl (C=O) groups excluding carboxylic acids is 4. The van der Waals surface area contributed by atoms with Crippen LogP contribution >= 0.6 is 0 Å². The molecule has 12 nitrogen and oxygen atoms in total. The van der Waals surface area contributed by atoms with Gasteiger partial charge >= 0.3 is 5.97 Å². The molecule has 1 unspecified atom stereocenters. The fraction of sp³-hybridized carbons (Fsp3) is 0.697. The monoisotopic (exact) mass is 632 g/mol. The third-order valence-corrected chi connectivity index (χ3v) is 8.68. The summed E-state index contributed by atoms with van der Waals surface area (Å²) in [6.45, 7) is 8.15. The van der Waals surface area contributed by atoms with E-state index < -0.39 is 11.0 Å². The summed E-state index contributed by atoms with van der Waals surface area (Å²) in [6, 6.07) is 5.35. The molecular weight excluding hydrogens is 580 g/mol. The average Bonchev–Trinajstić information content (AvgIpc) is 3.04. The number of amides is 3. The third kappa shape index (κ3) is 10.1. The molecule has 3 N–H and O–H groups in total. The van der Waals surface area contributed by atoms with Gasteiger partial charge in [0.1, 0.15) is 5.60 Å². The van der Waals surface area contributed by atoms with Gasteiger partial charge in [-0.2, -0.15) is 0 Å². The van der Waals surface area contributed by atoms with Crippen LogP contribution in [0.15, 0.2) is 18.2 Å². The van der Waals surface area contributed by atoms with E-state index in [9.17, 15) is 19.2 Å². The first-order valence-electron chi connectivity index (χ1n) is 16.1. The number of nitrogens with zero attached hydrogens (tertiary/aromatic N) is 1. The van der Waals surface area contributed by atoms with Crippen molar-refractivity contribution in [2.75, 3.05) is 66.7 Å². The molecule has 3 aliphatic rings. The molecule has 0 radical (unpaired) electrons. The van der Waals surface area contributed by atoms with Gasteiger partial charge in [0.15, 0.2) is 18.1 Å². The van der Waals surface area contributed by atoms with E-state index in [1.54, 1.807) is 31.1 Å². The van der Waals surface area contributed by atoms with Crippen molar-refractivity contribution in [3.05, 3.63) is 23.8 Å². The highest BCUT2D eigenvalue weighted by Gasteiger charge is 2.43. The van der Waals surface area contributed by atoms with Crippen LogP contribution in [-0.2, 0) is 35.1 Å². The first kappa shape index (κ1) is 36.1. The van der Waals surface area contributed by atoms with Crippen LogP contribution in [0.5, 0.6) is 11.5 Å². The highest BCUT2D eigenvalue weighted by Crippen LogP contribution is 2.35. The minimum absolute atomic E-state index is 0.110. The maximum atomic E-state index is 13.8. The second kappa shape index (κ2) is 17.4. The highest BCUT2D eigenvalue weighted by atomic mass is 16.5. The summed E-state index contributed by atoms with van der Waals surface area (Å²) in [4.78, 5) is 54.9. The van der Waals surface area contributed by atoms with E-state index in [0.29, 0.717) is 69.2 Å². The second-order valence-electron chi connectivity index (χ2n) is 12.4. The molecule has 0 spiro atoms. The number of rotatable bonds is 8. The Balaban J connectivity index is 1.91. The molecule has 1 fully saturated rings. The van der Waals surface area contributed by atoms with E-state index in [-0.39, 0.29) is 63.0 Å². The van der Waals surface area contributed by atoms with Gasteiger partial charge in [-0.25, -0.2) is 0 Å². The van der Waals surface area contributed by atoms with E-state index in [0.717, 1.165) is 12.0 Å². The van der Waals surface area contributed by atoms with E-state index in [1.165, 1.54) is 7.11 Å². The Bertz CT molecular complexity index is 1150. The summed E-state index contributed by atoms with van der Waals surface area (Å²) < 4.78 is 22.7. The van der Waals surface area contributed by atoms with Crippen molar-refractivity contribution >= 4 is 23.7 Å². The predicted molar refractivity (Wildman–Crippen MR) is 169 cm³/mol. The molecule has 45 heavy (non-hydrogen) atoms. The van der Waals surface area contributed by atoms with Crippen molar-refractivity contribution in [1.82, 2.24) is 20.9 Å². The molecule has 3 amide bonds. The Hall–Kier alpha value is -3.38. The molecule has 0 aromatic heterocycles. The zero-order valence-electron chi connectivity index (χ0n) is 27.6. The van der Waals surface area contributed by atoms with Crippen LogP contribution in [-0.4, -0.2) is 101 Å². The second-order valence-corrected chi connectivity index (χ2v) is 12.4. The van der Waals surface area contributed by atoms with Crippen LogP contribution in [0, 0.1) is 11.3 Å². The summed E-state index contributed by atoms with van der Waals surface area (Å²) >= 11 is 0. The topological polar surface area (TPSA) is 145 Å². The predicted octanol–water partition coefficient (Wildman–Crippen LogP) is 2.23. The van der Waals surface area contributed by atoms with E-state index in [4.69, 9.17) is 18.9 Å². The van der Waals surface area contributed by atoms with Gasteiger partial charge in [0.2, 0.25) is 5.91 Å². The summed E-state index contributed by atoms with van der Waals surface area (Å²) in [5.41, 5.74) is -1.14. The molecule has 4 rings (SSSR count). The number of nitrogens with one attached hydrogen (secondary N) is 3. The van der Waals surface area contributed by atoms with Gasteiger partial charge in [0.25, 0.3) is 11.8 Å². The van der Waals surface area contributed by atoms with Gasteiger partial charge in [-0.05, 0) is 82.2 Å². The minimum Gasteiger partial charge on any atom is -0.493 e. The molecule has 0 saturated carbocycles. The zero-order chi connectivity index (χ0) is 32.9.